The van der Waals surface area contributed by atoms with Crippen molar-refractivity contribution in [3.63, 3.8) is 0 Å². The quantitative estimate of drug-likeness (QED) is 0.598. The lowest BCUT2D eigenvalue weighted by atomic mass is 9.98. The van der Waals surface area contributed by atoms with E-state index in [0.717, 1.165) is 28.9 Å². The van der Waals surface area contributed by atoms with Gasteiger partial charge >= 0.3 is 0 Å². The van der Waals surface area contributed by atoms with Crippen molar-refractivity contribution in [2.75, 3.05) is 43.1 Å². The van der Waals surface area contributed by atoms with Crippen LogP contribution in [0.3, 0.4) is 0 Å². The number of amides is 1. The minimum atomic E-state index is -0.0979. The number of carbonyl (C=O) groups is 1. The van der Waals surface area contributed by atoms with E-state index in [0.29, 0.717) is 51.0 Å². The Morgan fingerprint density at radius 3 is 2.21 bits per heavy atom. The highest BCUT2D eigenvalue weighted by atomic mass is 16.5. The van der Waals surface area contributed by atoms with Gasteiger partial charge in [-0.3, -0.25) is 4.79 Å². The Bertz CT molecular complexity index is 1060. The molecule has 2 aromatic carbocycles. The van der Waals surface area contributed by atoms with Crippen LogP contribution in [-0.4, -0.2) is 53.6 Å². The first-order valence-electron chi connectivity index (χ1n) is 11.6. The molecule has 0 saturated carbocycles. The molecule has 5 rings (SSSR count). The molecule has 1 amide bonds. The van der Waals surface area contributed by atoms with Crippen LogP contribution in [0.4, 0.5) is 11.8 Å². The van der Waals surface area contributed by atoms with Gasteiger partial charge in [0.15, 0.2) is 0 Å². The Kier molecular flexibility index (Phi) is 6.21. The number of nitrogens with one attached hydrogen (secondary N) is 1. The normalized spacial score (nSPS) is 15.8. The molecule has 1 aromatic heterocycles. The molecule has 1 fully saturated rings. The molecule has 0 unspecified atom stereocenters. The summed E-state index contributed by atoms with van der Waals surface area (Å²) in [7, 11) is 0. The molecule has 7 nitrogen and oxygen atoms in total. The van der Waals surface area contributed by atoms with Gasteiger partial charge in [-0.1, -0.05) is 67.6 Å². The van der Waals surface area contributed by atoms with E-state index in [1.165, 1.54) is 0 Å². The molecule has 1 saturated heterocycles. The molecule has 0 bridgehead atoms. The van der Waals surface area contributed by atoms with Crippen LogP contribution in [0.5, 0.6) is 0 Å². The Hall–Kier alpha value is -3.45. The lowest BCUT2D eigenvalue weighted by molar-refractivity contribution is 0.0774. The topological polar surface area (TPSA) is 70.6 Å². The molecule has 2 aliphatic heterocycles. The van der Waals surface area contributed by atoms with Gasteiger partial charge in [-0.2, -0.15) is 4.98 Å². The smallest absolute Gasteiger partial charge is 0.273 e. The van der Waals surface area contributed by atoms with Crippen LogP contribution in [0.1, 0.15) is 46.6 Å². The van der Waals surface area contributed by atoms with Crippen LogP contribution in [0.2, 0.25) is 0 Å². The molecule has 0 aliphatic carbocycles. The van der Waals surface area contributed by atoms with Gasteiger partial charge in [0.1, 0.15) is 11.5 Å². The number of morpholine rings is 1. The highest BCUT2D eigenvalue weighted by Crippen LogP contribution is 2.33. The summed E-state index contributed by atoms with van der Waals surface area (Å²) in [4.78, 5) is 26.8. The van der Waals surface area contributed by atoms with Gasteiger partial charge in [0.2, 0.25) is 5.95 Å². The first-order chi connectivity index (χ1) is 16.2. The number of ether oxygens (including phenoxy) is 1. The van der Waals surface area contributed by atoms with Crippen molar-refractivity contribution in [3.05, 3.63) is 83.0 Å². The predicted octanol–water partition coefficient (Wildman–Crippen LogP) is 3.88. The number of carbonyl (C=O) groups excluding carboxylic acids is 1. The van der Waals surface area contributed by atoms with Crippen molar-refractivity contribution < 1.29 is 9.53 Å². The summed E-state index contributed by atoms with van der Waals surface area (Å²) in [6.45, 7) is 6.02. The number of anilines is 2. The van der Waals surface area contributed by atoms with Crippen LogP contribution in [0.25, 0.3) is 0 Å². The Labute approximate surface area is 194 Å². The van der Waals surface area contributed by atoms with Crippen molar-refractivity contribution in [3.8, 4) is 0 Å². The lowest BCUT2D eigenvalue weighted by Gasteiger charge is -2.28. The standard InChI is InChI=1S/C26H29N5O2/c1-2-13-31-18-21-23(25(31)32)28-26(30-14-16-33-17-15-30)29-24(21)27-22(19-9-5-3-6-10-19)20-11-7-4-8-12-20/h3-12,22H,2,13-18H2,1H3,(H,27,28,29). The fourth-order valence-corrected chi connectivity index (χ4v) is 4.47. The minimum absolute atomic E-state index is 0.0113. The van der Waals surface area contributed by atoms with Crippen LogP contribution in [0.15, 0.2) is 60.7 Å². The first-order valence-corrected chi connectivity index (χ1v) is 11.6. The molecule has 33 heavy (non-hydrogen) atoms. The molecule has 3 aromatic rings. The number of fused-ring (bicyclic) bond motifs is 1. The highest BCUT2D eigenvalue weighted by molar-refractivity contribution is 5.98. The molecule has 0 spiro atoms. The monoisotopic (exact) mass is 443 g/mol. The Morgan fingerprint density at radius 1 is 0.970 bits per heavy atom. The van der Waals surface area contributed by atoms with Crippen molar-refractivity contribution in [2.45, 2.75) is 25.9 Å². The maximum atomic E-state index is 13.2. The summed E-state index contributed by atoms with van der Waals surface area (Å²) >= 11 is 0. The van der Waals surface area contributed by atoms with Crippen LogP contribution in [-0.2, 0) is 11.3 Å². The number of hydrogen-bond acceptors (Lipinski definition) is 6. The number of rotatable bonds is 7. The Morgan fingerprint density at radius 2 is 1.61 bits per heavy atom. The van der Waals surface area contributed by atoms with Gasteiger partial charge in [-0.15, -0.1) is 0 Å². The van der Waals surface area contributed by atoms with E-state index in [-0.39, 0.29) is 11.9 Å². The molecule has 3 heterocycles. The zero-order chi connectivity index (χ0) is 22.6. The molecular formula is C26H29N5O2. The van der Waals surface area contributed by atoms with Crippen LogP contribution >= 0.6 is 0 Å². The predicted molar refractivity (Wildman–Crippen MR) is 128 cm³/mol. The van der Waals surface area contributed by atoms with E-state index in [1.54, 1.807) is 0 Å². The van der Waals surface area contributed by atoms with Gasteiger partial charge in [0.05, 0.1) is 25.8 Å². The molecule has 2 aliphatic rings. The van der Waals surface area contributed by atoms with E-state index >= 15 is 0 Å². The molecule has 170 valence electrons. The van der Waals surface area contributed by atoms with Crippen LogP contribution in [0, 0.1) is 0 Å². The fourth-order valence-electron chi connectivity index (χ4n) is 4.47. The van der Waals surface area contributed by atoms with Gasteiger partial charge in [-0.05, 0) is 17.5 Å². The number of nitrogens with zero attached hydrogens (tertiary/aromatic N) is 4. The summed E-state index contributed by atoms with van der Waals surface area (Å²) in [5.74, 6) is 1.31. The second-order valence-electron chi connectivity index (χ2n) is 8.42. The fraction of sp³-hybridized carbons (Fsp3) is 0.346. The molecular weight excluding hydrogens is 414 g/mol. The summed E-state index contributed by atoms with van der Waals surface area (Å²) in [6, 6.07) is 20.6. The summed E-state index contributed by atoms with van der Waals surface area (Å²) in [6.07, 6.45) is 0.906. The van der Waals surface area contributed by atoms with E-state index in [9.17, 15) is 4.79 Å². The van der Waals surface area contributed by atoms with Crippen LogP contribution < -0.4 is 10.2 Å². The van der Waals surface area contributed by atoms with E-state index < -0.39 is 0 Å². The highest BCUT2D eigenvalue weighted by Gasteiger charge is 2.34. The maximum Gasteiger partial charge on any atom is 0.273 e. The molecule has 1 N–H and O–H groups in total. The van der Waals surface area contributed by atoms with Crippen molar-refractivity contribution in [1.82, 2.24) is 14.9 Å². The third-order valence-electron chi connectivity index (χ3n) is 6.17. The Balaban J connectivity index is 1.58. The van der Waals surface area contributed by atoms with Crippen molar-refractivity contribution in [1.29, 1.82) is 0 Å². The van der Waals surface area contributed by atoms with Gasteiger partial charge in [0.25, 0.3) is 5.91 Å². The van der Waals surface area contributed by atoms with Gasteiger partial charge < -0.3 is 19.9 Å². The van der Waals surface area contributed by atoms with E-state index in [4.69, 9.17) is 14.7 Å². The zero-order valence-electron chi connectivity index (χ0n) is 18.9. The second kappa shape index (κ2) is 9.58. The molecule has 0 atom stereocenters. The minimum Gasteiger partial charge on any atom is -0.378 e. The van der Waals surface area contributed by atoms with E-state index in [1.807, 2.05) is 41.3 Å². The summed E-state index contributed by atoms with van der Waals surface area (Å²) in [5.41, 5.74) is 3.67. The number of benzene rings is 2. The van der Waals surface area contributed by atoms with Crippen molar-refractivity contribution >= 4 is 17.7 Å². The first kappa shape index (κ1) is 21.4. The van der Waals surface area contributed by atoms with Gasteiger partial charge in [-0.25, -0.2) is 4.98 Å². The SMILES string of the molecule is CCCN1Cc2c(NC(c3ccccc3)c3ccccc3)nc(N3CCOCC3)nc2C1=O. The number of aromatic nitrogens is 2. The molecule has 7 heteroatoms. The van der Waals surface area contributed by atoms with Gasteiger partial charge in [0, 0.05) is 25.2 Å². The summed E-state index contributed by atoms with van der Waals surface area (Å²) < 4.78 is 5.51. The second-order valence-corrected chi connectivity index (χ2v) is 8.42. The van der Waals surface area contributed by atoms with E-state index in [2.05, 4.69) is 41.4 Å². The van der Waals surface area contributed by atoms with Crippen molar-refractivity contribution in [2.24, 2.45) is 0 Å². The average Bonchev–Trinajstić information content (AvgIpc) is 3.19. The third kappa shape index (κ3) is 4.41. The number of hydrogen-bond donors (Lipinski definition) is 1. The largest absolute Gasteiger partial charge is 0.378 e. The summed E-state index contributed by atoms with van der Waals surface area (Å²) in [5, 5.41) is 3.69. The third-order valence-corrected chi connectivity index (χ3v) is 6.17. The average molecular weight is 444 g/mol. The lowest BCUT2D eigenvalue weighted by Crippen LogP contribution is -2.37. The molecule has 0 radical (unpaired) electrons. The maximum absolute atomic E-state index is 13.2. The zero-order valence-corrected chi connectivity index (χ0v) is 18.9.